The number of hydrogen-bond donors (Lipinski definition) is 0. The van der Waals surface area contributed by atoms with Crippen molar-refractivity contribution in [1.82, 2.24) is 0 Å². The highest BCUT2D eigenvalue weighted by molar-refractivity contribution is 5.80. The number of rotatable bonds is 9. The lowest BCUT2D eigenvalue weighted by atomic mass is 10.0. The third-order valence-corrected chi connectivity index (χ3v) is 3.26. The summed E-state index contributed by atoms with van der Waals surface area (Å²) in [5.41, 5.74) is 0. The molecule has 0 fully saturated rings. The van der Waals surface area contributed by atoms with Crippen LogP contribution in [0.1, 0.15) is 94.9 Å². The van der Waals surface area contributed by atoms with E-state index in [9.17, 15) is 14.4 Å². The van der Waals surface area contributed by atoms with Gasteiger partial charge >= 0.3 is 5.97 Å². The Hall–Kier alpha value is -1.63. The highest BCUT2D eigenvalue weighted by Crippen LogP contribution is 2.03. The highest BCUT2D eigenvalue weighted by atomic mass is 16.5. The Kier molecular flexibility index (Phi) is 27.4. The lowest BCUT2D eigenvalue weighted by Crippen LogP contribution is -2.06. The highest BCUT2D eigenvalue weighted by Gasteiger charge is 2.05. The Labute approximate surface area is 168 Å². The molecule has 160 valence electrons. The van der Waals surface area contributed by atoms with Gasteiger partial charge in [-0.15, -0.1) is 12.3 Å². The number of ether oxygens (including phenoxy) is 1. The summed E-state index contributed by atoms with van der Waals surface area (Å²) in [6.45, 7) is 15.9. The molecule has 0 heterocycles. The molecule has 0 bridgehead atoms. The van der Waals surface area contributed by atoms with Gasteiger partial charge < -0.3 is 4.74 Å². The zero-order chi connectivity index (χ0) is 21.1. The van der Waals surface area contributed by atoms with Gasteiger partial charge in [-0.2, -0.15) is 0 Å². The lowest BCUT2D eigenvalue weighted by molar-refractivity contribution is -0.144. The molecule has 27 heavy (non-hydrogen) atoms. The Bertz CT molecular complexity index is 415. The average molecular weight is 385 g/mol. The minimum absolute atomic E-state index is 0. The summed E-state index contributed by atoms with van der Waals surface area (Å²) in [4.78, 5) is 32.1. The molecule has 0 saturated carbocycles. The fourth-order valence-electron chi connectivity index (χ4n) is 1.61. The number of carbonyl (C=O) groups excluding carboxylic acids is 3. The molecular formula is C23H44O4. The van der Waals surface area contributed by atoms with Crippen LogP contribution in [0, 0.1) is 30.1 Å². The SMILES string of the molecule is C.C#CCCCC(=O)C(C)C.CCC(=O)C(C)C.CCOC(=O)CC(C)C. The van der Waals surface area contributed by atoms with Crippen molar-refractivity contribution in [3.63, 3.8) is 0 Å². The van der Waals surface area contributed by atoms with Crippen LogP contribution < -0.4 is 0 Å². The number of esters is 1. The zero-order valence-electron chi connectivity index (χ0n) is 18.2. The minimum atomic E-state index is -0.0903. The first-order valence-electron chi connectivity index (χ1n) is 9.67. The summed E-state index contributed by atoms with van der Waals surface area (Å²) in [5.74, 6) is 3.88. The fourth-order valence-corrected chi connectivity index (χ4v) is 1.61. The van der Waals surface area contributed by atoms with Gasteiger partial charge in [-0.1, -0.05) is 55.9 Å². The molecule has 0 N–H and O–H groups in total. The van der Waals surface area contributed by atoms with E-state index in [1.165, 1.54) is 0 Å². The first-order valence-corrected chi connectivity index (χ1v) is 9.67. The van der Waals surface area contributed by atoms with E-state index in [0.717, 1.165) is 12.8 Å². The Morgan fingerprint density at radius 1 is 0.926 bits per heavy atom. The van der Waals surface area contributed by atoms with E-state index in [2.05, 4.69) is 5.92 Å². The van der Waals surface area contributed by atoms with Gasteiger partial charge in [-0.25, -0.2) is 0 Å². The normalized spacial score (nSPS) is 9.26. The van der Waals surface area contributed by atoms with Gasteiger partial charge in [0.25, 0.3) is 0 Å². The van der Waals surface area contributed by atoms with Crippen molar-refractivity contribution in [1.29, 1.82) is 0 Å². The molecule has 4 nitrogen and oxygen atoms in total. The van der Waals surface area contributed by atoms with Crippen molar-refractivity contribution >= 4 is 17.5 Å². The maximum Gasteiger partial charge on any atom is 0.306 e. The number of terminal acetylenes is 1. The number of ketones is 2. The van der Waals surface area contributed by atoms with E-state index < -0.39 is 0 Å². The molecular weight excluding hydrogens is 340 g/mol. The molecule has 0 rings (SSSR count). The molecule has 0 atom stereocenters. The maximum absolute atomic E-state index is 10.9. The molecule has 0 aromatic rings. The summed E-state index contributed by atoms with van der Waals surface area (Å²) in [7, 11) is 0. The van der Waals surface area contributed by atoms with Crippen molar-refractivity contribution in [2.45, 2.75) is 94.9 Å². The van der Waals surface area contributed by atoms with Gasteiger partial charge in [-0.3, -0.25) is 14.4 Å². The molecule has 0 unspecified atom stereocenters. The van der Waals surface area contributed by atoms with Crippen LogP contribution in [0.15, 0.2) is 0 Å². The van der Waals surface area contributed by atoms with Crippen LogP contribution in [0.2, 0.25) is 0 Å². The fraction of sp³-hybridized carbons (Fsp3) is 0.783. The molecule has 0 amide bonds. The van der Waals surface area contributed by atoms with Crippen molar-refractivity contribution in [3.8, 4) is 12.3 Å². The Morgan fingerprint density at radius 2 is 1.41 bits per heavy atom. The average Bonchev–Trinajstić information content (AvgIpc) is 2.54. The number of hydrogen-bond acceptors (Lipinski definition) is 4. The van der Waals surface area contributed by atoms with Crippen molar-refractivity contribution in [3.05, 3.63) is 0 Å². The molecule has 0 radical (unpaired) electrons. The van der Waals surface area contributed by atoms with Crippen LogP contribution in [0.5, 0.6) is 0 Å². The molecule has 0 spiro atoms. The second kappa shape index (κ2) is 22.4. The van der Waals surface area contributed by atoms with E-state index in [4.69, 9.17) is 11.2 Å². The summed E-state index contributed by atoms with van der Waals surface area (Å²) >= 11 is 0. The molecule has 0 aromatic carbocycles. The van der Waals surface area contributed by atoms with Crippen LogP contribution >= 0.6 is 0 Å². The van der Waals surface area contributed by atoms with Gasteiger partial charge in [0.1, 0.15) is 11.6 Å². The maximum atomic E-state index is 10.9. The molecule has 0 aliphatic heterocycles. The number of carbonyl (C=O) groups is 3. The monoisotopic (exact) mass is 384 g/mol. The Morgan fingerprint density at radius 3 is 1.67 bits per heavy atom. The third kappa shape index (κ3) is 29.4. The predicted molar refractivity (Wildman–Crippen MR) is 115 cm³/mol. The number of unbranched alkanes of at least 4 members (excludes halogenated alkanes) is 1. The largest absolute Gasteiger partial charge is 0.466 e. The van der Waals surface area contributed by atoms with Gasteiger partial charge in [0, 0.05) is 37.5 Å². The van der Waals surface area contributed by atoms with Crippen molar-refractivity contribution in [2.75, 3.05) is 6.61 Å². The van der Waals surface area contributed by atoms with E-state index in [0.29, 0.717) is 43.4 Å². The van der Waals surface area contributed by atoms with Crippen LogP contribution in [-0.2, 0) is 19.1 Å². The first-order chi connectivity index (χ1) is 12.0. The molecule has 0 aliphatic rings. The minimum Gasteiger partial charge on any atom is -0.466 e. The van der Waals surface area contributed by atoms with E-state index in [1.807, 2.05) is 55.4 Å². The summed E-state index contributed by atoms with van der Waals surface area (Å²) in [6.07, 6.45) is 8.45. The number of Topliss-reactive ketones (excluding diaryl/α,β-unsaturated/α-hetero) is 2. The van der Waals surface area contributed by atoms with Crippen LogP contribution in [0.3, 0.4) is 0 Å². The second-order valence-corrected chi connectivity index (χ2v) is 7.06. The van der Waals surface area contributed by atoms with Crippen molar-refractivity contribution in [2.24, 2.45) is 17.8 Å². The van der Waals surface area contributed by atoms with Crippen LogP contribution in [-0.4, -0.2) is 24.1 Å². The van der Waals surface area contributed by atoms with Crippen LogP contribution in [0.4, 0.5) is 0 Å². The lowest BCUT2D eigenvalue weighted by Gasteiger charge is -2.02. The Balaban J connectivity index is -0.000000146. The summed E-state index contributed by atoms with van der Waals surface area (Å²) < 4.78 is 4.71. The first kappa shape index (κ1) is 33.0. The summed E-state index contributed by atoms with van der Waals surface area (Å²) in [6, 6.07) is 0. The van der Waals surface area contributed by atoms with Gasteiger partial charge in [0.05, 0.1) is 6.61 Å². The molecule has 0 saturated heterocycles. The van der Waals surface area contributed by atoms with Crippen molar-refractivity contribution < 1.29 is 19.1 Å². The van der Waals surface area contributed by atoms with Gasteiger partial charge in [0.2, 0.25) is 0 Å². The van der Waals surface area contributed by atoms with Gasteiger partial charge in [-0.05, 0) is 19.3 Å². The predicted octanol–water partition coefficient (Wildman–Crippen LogP) is 5.87. The second-order valence-electron chi connectivity index (χ2n) is 7.06. The standard InChI is InChI=1S/C9H14O.C7H14O2.C6H12O.CH4/c1-4-5-6-7-9(10)8(2)3;1-4-9-7(8)5-6(2)3;1-4-6(7)5(2)3;/h1,8H,5-7H2,2-3H3;6H,4-5H2,1-3H3;5H,4H2,1-3H3;1H4. The van der Waals surface area contributed by atoms with Gasteiger partial charge in [0.15, 0.2) is 0 Å². The quantitative estimate of drug-likeness (QED) is 0.283. The molecule has 0 aliphatic carbocycles. The van der Waals surface area contributed by atoms with E-state index >= 15 is 0 Å². The third-order valence-electron chi connectivity index (χ3n) is 3.26. The smallest absolute Gasteiger partial charge is 0.306 e. The molecule has 4 heteroatoms. The summed E-state index contributed by atoms with van der Waals surface area (Å²) in [5, 5.41) is 0. The molecule has 0 aromatic heterocycles. The zero-order valence-corrected chi connectivity index (χ0v) is 18.2. The van der Waals surface area contributed by atoms with Crippen LogP contribution in [0.25, 0.3) is 0 Å². The van der Waals surface area contributed by atoms with E-state index in [1.54, 1.807) is 0 Å². The topological polar surface area (TPSA) is 60.4 Å². The van der Waals surface area contributed by atoms with E-state index in [-0.39, 0.29) is 25.2 Å².